The zero-order valence-corrected chi connectivity index (χ0v) is 11.0. The Morgan fingerprint density at radius 1 is 1.35 bits per heavy atom. The van der Waals surface area contributed by atoms with Gasteiger partial charge < -0.3 is 10.0 Å². The summed E-state index contributed by atoms with van der Waals surface area (Å²) in [4.78, 5) is 24.6. The van der Waals surface area contributed by atoms with Crippen LogP contribution in [0.3, 0.4) is 0 Å². The highest BCUT2D eigenvalue weighted by molar-refractivity contribution is 5.84. The molecule has 1 saturated heterocycles. The highest BCUT2D eigenvalue weighted by Gasteiger charge is 2.33. The van der Waals surface area contributed by atoms with Crippen LogP contribution < -0.4 is 0 Å². The monoisotopic (exact) mass is 283 g/mol. The number of likely N-dealkylation sites (tertiary alicyclic amines) is 1. The van der Waals surface area contributed by atoms with Gasteiger partial charge in [0, 0.05) is 13.1 Å². The molecule has 1 amide bonds. The first-order valence-corrected chi connectivity index (χ1v) is 6.36. The second-order valence-corrected chi connectivity index (χ2v) is 5.00. The lowest BCUT2D eigenvalue weighted by atomic mass is 9.99. The van der Waals surface area contributed by atoms with Crippen molar-refractivity contribution in [3.63, 3.8) is 0 Å². The molecule has 2 atom stereocenters. The molecule has 1 heterocycles. The van der Waals surface area contributed by atoms with Crippen molar-refractivity contribution in [3.8, 4) is 0 Å². The summed E-state index contributed by atoms with van der Waals surface area (Å²) in [5, 5.41) is 8.91. The van der Waals surface area contributed by atoms with Gasteiger partial charge in [-0.25, -0.2) is 8.78 Å². The third-order valence-corrected chi connectivity index (χ3v) is 3.66. The van der Waals surface area contributed by atoms with Crippen molar-refractivity contribution in [3.05, 3.63) is 35.4 Å². The SMILES string of the molecule is C[C@@H](C(=O)N1CC[C@@H](C(=O)O)C1)c1ccc(F)c(F)c1. The number of benzene rings is 1. The summed E-state index contributed by atoms with van der Waals surface area (Å²) in [5.41, 5.74) is 0.382. The molecular formula is C14H15F2NO3. The molecule has 6 heteroatoms. The van der Waals surface area contributed by atoms with Gasteiger partial charge >= 0.3 is 5.97 Å². The van der Waals surface area contributed by atoms with E-state index in [0.717, 1.165) is 12.1 Å². The molecule has 1 aliphatic rings. The fourth-order valence-corrected chi connectivity index (χ4v) is 2.36. The smallest absolute Gasteiger partial charge is 0.308 e. The Hall–Kier alpha value is -1.98. The van der Waals surface area contributed by atoms with Gasteiger partial charge in [0.05, 0.1) is 11.8 Å². The summed E-state index contributed by atoms with van der Waals surface area (Å²) in [6.07, 6.45) is 0.422. The van der Waals surface area contributed by atoms with E-state index >= 15 is 0 Å². The van der Waals surface area contributed by atoms with Gasteiger partial charge in [-0.2, -0.15) is 0 Å². The molecule has 0 spiro atoms. The molecule has 0 radical (unpaired) electrons. The van der Waals surface area contributed by atoms with Crippen molar-refractivity contribution < 1.29 is 23.5 Å². The number of carbonyl (C=O) groups is 2. The second-order valence-electron chi connectivity index (χ2n) is 5.00. The van der Waals surface area contributed by atoms with Crippen LogP contribution in [-0.4, -0.2) is 35.0 Å². The van der Waals surface area contributed by atoms with Gasteiger partial charge in [0.2, 0.25) is 5.91 Å². The van der Waals surface area contributed by atoms with Crippen molar-refractivity contribution >= 4 is 11.9 Å². The summed E-state index contributed by atoms with van der Waals surface area (Å²) in [6, 6.07) is 3.35. The number of hydrogen-bond donors (Lipinski definition) is 1. The molecule has 1 aromatic carbocycles. The standard InChI is InChI=1S/C14H15F2NO3/c1-8(9-2-3-11(15)12(16)6-9)13(18)17-5-4-10(7-17)14(19)20/h2-3,6,8,10H,4-5,7H2,1H3,(H,19,20)/t8-,10-/m1/s1. The quantitative estimate of drug-likeness (QED) is 0.923. The molecule has 0 bridgehead atoms. The lowest BCUT2D eigenvalue weighted by molar-refractivity contribution is -0.141. The van der Waals surface area contributed by atoms with Crippen LogP contribution in [0.15, 0.2) is 18.2 Å². The maximum Gasteiger partial charge on any atom is 0.308 e. The number of halogens is 2. The van der Waals surface area contributed by atoms with E-state index in [2.05, 4.69) is 0 Å². The van der Waals surface area contributed by atoms with Gasteiger partial charge in [0.25, 0.3) is 0 Å². The highest BCUT2D eigenvalue weighted by atomic mass is 19.2. The molecule has 0 aromatic heterocycles. The lowest BCUT2D eigenvalue weighted by Gasteiger charge is -2.21. The minimum Gasteiger partial charge on any atom is -0.481 e. The Labute approximate surface area is 115 Å². The van der Waals surface area contributed by atoms with Crippen LogP contribution >= 0.6 is 0 Å². The first kappa shape index (κ1) is 14.4. The molecule has 1 fully saturated rings. The maximum atomic E-state index is 13.2. The van der Waals surface area contributed by atoms with Crippen LogP contribution in [0.1, 0.15) is 24.8 Å². The summed E-state index contributed by atoms with van der Waals surface area (Å²) in [7, 11) is 0. The number of rotatable bonds is 3. The fraction of sp³-hybridized carbons (Fsp3) is 0.429. The van der Waals surface area contributed by atoms with Crippen molar-refractivity contribution in [2.75, 3.05) is 13.1 Å². The van der Waals surface area contributed by atoms with Gasteiger partial charge in [0.15, 0.2) is 11.6 Å². The molecule has 20 heavy (non-hydrogen) atoms. The van der Waals surface area contributed by atoms with Gasteiger partial charge in [-0.3, -0.25) is 9.59 Å². The van der Waals surface area contributed by atoms with Crippen LogP contribution in [-0.2, 0) is 9.59 Å². The van der Waals surface area contributed by atoms with Crippen LogP contribution in [0.2, 0.25) is 0 Å². The first-order chi connectivity index (χ1) is 9.40. The van der Waals surface area contributed by atoms with Crippen molar-refractivity contribution in [2.45, 2.75) is 19.3 Å². The predicted octanol–water partition coefficient (Wildman–Crippen LogP) is 2.00. The topological polar surface area (TPSA) is 57.6 Å². The Bertz CT molecular complexity index is 547. The number of carbonyl (C=O) groups excluding carboxylic acids is 1. The molecule has 1 N–H and O–H groups in total. The van der Waals surface area contributed by atoms with Crippen LogP contribution in [0, 0.1) is 17.6 Å². The Balaban J connectivity index is 2.09. The minimum absolute atomic E-state index is 0.169. The summed E-state index contributed by atoms with van der Waals surface area (Å²) >= 11 is 0. The maximum absolute atomic E-state index is 13.2. The first-order valence-electron chi connectivity index (χ1n) is 6.36. The molecule has 2 rings (SSSR count). The van der Waals surface area contributed by atoms with E-state index in [1.54, 1.807) is 6.92 Å². The zero-order valence-electron chi connectivity index (χ0n) is 11.0. The van der Waals surface area contributed by atoms with Crippen molar-refractivity contribution in [2.24, 2.45) is 5.92 Å². The predicted molar refractivity (Wildman–Crippen MR) is 67.1 cm³/mol. The van der Waals surface area contributed by atoms with E-state index in [4.69, 9.17) is 5.11 Å². The number of carboxylic acid groups (broad SMARTS) is 1. The number of hydrogen-bond acceptors (Lipinski definition) is 2. The number of amides is 1. The van der Waals surface area contributed by atoms with Crippen molar-refractivity contribution in [1.29, 1.82) is 0 Å². The Morgan fingerprint density at radius 2 is 2.05 bits per heavy atom. The fourth-order valence-electron chi connectivity index (χ4n) is 2.36. The Kier molecular flexibility index (Phi) is 4.01. The normalized spacial score (nSPS) is 19.9. The third kappa shape index (κ3) is 2.79. The van der Waals surface area contributed by atoms with Gasteiger partial charge in [-0.05, 0) is 31.0 Å². The number of aliphatic carboxylic acids is 1. The summed E-state index contributed by atoms with van der Waals surface area (Å²) < 4.78 is 26.0. The molecular weight excluding hydrogens is 268 g/mol. The van der Waals surface area contributed by atoms with E-state index in [-0.39, 0.29) is 12.5 Å². The van der Waals surface area contributed by atoms with Gasteiger partial charge in [0.1, 0.15) is 0 Å². The average molecular weight is 283 g/mol. The molecule has 1 aromatic rings. The van der Waals surface area contributed by atoms with E-state index in [1.165, 1.54) is 11.0 Å². The van der Waals surface area contributed by atoms with Crippen LogP contribution in [0.5, 0.6) is 0 Å². The molecule has 1 aliphatic heterocycles. The van der Waals surface area contributed by atoms with Crippen LogP contribution in [0.4, 0.5) is 8.78 Å². The molecule has 108 valence electrons. The Morgan fingerprint density at radius 3 is 2.60 bits per heavy atom. The third-order valence-electron chi connectivity index (χ3n) is 3.66. The molecule has 0 saturated carbocycles. The molecule has 4 nitrogen and oxygen atoms in total. The van der Waals surface area contributed by atoms with Gasteiger partial charge in [-0.1, -0.05) is 6.07 Å². The zero-order chi connectivity index (χ0) is 14.9. The number of carboxylic acids is 1. The van der Waals surface area contributed by atoms with Crippen LogP contribution in [0.25, 0.3) is 0 Å². The van der Waals surface area contributed by atoms with E-state index in [9.17, 15) is 18.4 Å². The second kappa shape index (κ2) is 5.56. The van der Waals surface area contributed by atoms with E-state index in [1.807, 2.05) is 0 Å². The molecule has 0 aliphatic carbocycles. The van der Waals surface area contributed by atoms with Gasteiger partial charge in [-0.15, -0.1) is 0 Å². The number of nitrogens with zero attached hydrogens (tertiary/aromatic N) is 1. The lowest BCUT2D eigenvalue weighted by Crippen LogP contribution is -2.33. The summed E-state index contributed by atoms with van der Waals surface area (Å²) in [6.45, 7) is 2.15. The molecule has 0 unspecified atom stereocenters. The highest BCUT2D eigenvalue weighted by Crippen LogP contribution is 2.24. The van der Waals surface area contributed by atoms with Crippen molar-refractivity contribution in [1.82, 2.24) is 4.90 Å². The minimum atomic E-state index is -0.994. The largest absolute Gasteiger partial charge is 0.481 e. The summed E-state index contributed by atoms with van der Waals surface area (Å²) in [5.74, 6) is -4.30. The van der Waals surface area contributed by atoms with E-state index in [0.29, 0.717) is 18.5 Å². The van der Waals surface area contributed by atoms with E-state index < -0.39 is 29.4 Å². The average Bonchev–Trinajstić information content (AvgIpc) is 2.90.